The number of hydrazine groups is 1. The minimum Gasteiger partial charge on any atom is -0.495 e. The van der Waals surface area contributed by atoms with Crippen LogP contribution in [-0.2, 0) is 12.7 Å². The first-order valence-corrected chi connectivity index (χ1v) is 14.0. The fraction of sp³-hybridized carbons (Fsp3) is 0.375. The first-order chi connectivity index (χ1) is 20.7. The minimum absolute atomic E-state index is 0.0737. The number of carbonyl (C=O) groups is 1. The van der Waals surface area contributed by atoms with Crippen LogP contribution in [0.25, 0.3) is 5.70 Å². The lowest BCUT2D eigenvalue weighted by atomic mass is 9.97. The van der Waals surface area contributed by atoms with E-state index in [0.717, 1.165) is 23.3 Å². The van der Waals surface area contributed by atoms with Crippen molar-refractivity contribution in [2.75, 3.05) is 45.2 Å². The van der Waals surface area contributed by atoms with Gasteiger partial charge >= 0.3 is 6.18 Å². The molecule has 0 aliphatic heterocycles. The van der Waals surface area contributed by atoms with Gasteiger partial charge in [-0.25, -0.2) is 5.43 Å². The number of aryl methyl sites for hydroxylation is 1. The molecule has 0 aliphatic rings. The van der Waals surface area contributed by atoms with Gasteiger partial charge in [-0.1, -0.05) is 26.8 Å². The number of aromatic nitrogens is 1. The van der Waals surface area contributed by atoms with Crippen LogP contribution in [0.4, 0.5) is 24.5 Å². The molecular weight excluding hydrogens is 573 g/mol. The van der Waals surface area contributed by atoms with Gasteiger partial charge in [-0.15, -0.1) is 0 Å². The van der Waals surface area contributed by atoms with E-state index in [-0.39, 0.29) is 34.5 Å². The van der Waals surface area contributed by atoms with E-state index in [1.54, 1.807) is 63.0 Å². The Balaban J connectivity index is 1.98. The number of nitrogens with one attached hydrogen (secondary N) is 4. The smallest absolute Gasteiger partial charge is 0.416 e. The topological polar surface area (TPSA) is 99.8 Å². The second-order valence-corrected chi connectivity index (χ2v) is 11.3. The predicted molar refractivity (Wildman–Crippen MR) is 168 cm³/mol. The number of carbonyl (C=O) groups excluding carboxylic acids is 1. The van der Waals surface area contributed by atoms with Gasteiger partial charge in [0.05, 0.1) is 43.1 Å². The Bertz CT molecular complexity index is 1490. The van der Waals surface area contributed by atoms with Crippen LogP contribution in [0.3, 0.4) is 0 Å². The number of anilines is 2. The maximum absolute atomic E-state index is 13.9. The van der Waals surface area contributed by atoms with Crippen LogP contribution in [-0.4, -0.2) is 45.8 Å². The van der Waals surface area contributed by atoms with Gasteiger partial charge in [0.25, 0.3) is 5.91 Å². The Labute approximate surface area is 256 Å². The lowest BCUT2D eigenvalue weighted by Gasteiger charge is -2.24. The van der Waals surface area contributed by atoms with Crippen molar-refractivity contribution >= 4 is 23.0 Å². The summed E-state index contributed by atoms with van der Waals surface area (Å²) in [6, 6.07) is 8.80. The molecule has 238 valence electrons. The number of hydrogen-bond acceptors (Lipinski definition) is 8. The van der Waals surface area contributed by atoms with Gasteiger partial charge in [0.15, 0.2) is 0 Å². The number of ether oxygens (including phenoxy) is 2. The van der Waals surface area contributed by atoms with Crippen molar-refractivity contribution in [3.05, 3.63) is 82.8 Å². The van der Waals surface area contributed by atoms with Crippen molar-refractivity contribution < 1.29 is 27.4 Å². The number of nitrogens with zero attached hydrogens (tertiary/aromatic N) is 2. The van der Waals surface area contributed by atoms with Crippen molar-refractivity contribution in [1.29, 1.82) is 0 Å². The zero-order valence-corrected chi connectivity index (χ0v) is 26.4. The van der Waals surface area contributed by atoms with E-state index in [4.69, 9.17) is 9.47 Å². The maximum Gasteiger partial charge on any atom is 0.416 e. The molecule has 3 rings (SSSR count). The van der Waals surface area contributed by atoms with Gasteiger partial charge in [0.2, 0.25) is 0 Å². The van der Waals surface area contributed by atoms with Gasteiger partial charge in [-0.2, -0.15) is 13.2 Å². The monoisotopic (exact) mass is 614 g/mol. The van der Waals surface area contributed by atoms with E-state index >= 15 is 0 Å². The van der Waals surface area contributed by atoms with E-state index in [0.29, 0.717) is 23.7 Å². The molecule has 0 saturated heterocycles. The molecule has 0 spiro atoms. The summed E-state index contributed by atoms with van der Waals surface area (Å²) in [4.78, 5) is 17.7. The van der Waals surface area contributed by atoms with Crippen molar-refractivity contribution in [1.82, 2.24) is 21.0 Å². The van der Waals surface area contributed by atoms with Gasteiger partial charge in [-0.05, 0) is 48.2 Å². The quantitative estimate of drug-likeness (QED) is 0.185. The molecule has 12 heteroatoms. The third-order valence-corrected chi connectivity index (χ3v) is 6.68. The zero-order valence-electron chi connectivity index (χ0n) is 26.4. The van der Waals surface area contributed by atoms with E-state index in [9.17, 15) is 18.0 Å². The molecule has 3 aromatic rings. The number of pyridine rings is 1. The fourth-order valence-corrected chi connectivity index (χ4v) is 4.44. The molecule has 1 heterocycles. The first kappa shape index (κ1) is 34.2. The molecule has 0 bridgehead atoms. The third-order valence-electron chi connectivity index (χ3n) is 6.68. The largest absolute Gasteiger partial charge is 0.495 e. The van der Waals surface area contributed by atoms with E-state index in [1.165, 1.54) is 7.11 Å². The lowest BCUT2D eigenvalue weighted by Crippen LogP contribution is -2.32. The summed E-state index contributed by atoms with van der Waals surface area (Å²) in [6.07, 6.45) is 0.464. The van der Waals surface area contributed by atoms with Crippen molar-refractivity contribution in [3.63, 3.8) is 0 Å². The van der Waals surface area contributed by atoms with Gasteiger partial charge in [-0.3, -0.25) is 14.8 Å². The Hall–Kier alpha value is -4.29. The summed E-state index contributed by atoms with van der Waals surface area (Å²) in [5.74, 6) is 0.154. The number of methoxy groups -OCH3 is 2. The molecule has 44 heavy (non-hydrogen) atoms. The molecule has 2 aromatic carbocycles. The van der Waals surface area contributed by atoms with Crippen LogP contribution in [0.1, 0.15) is 53.4 Å². The summed E-state index contributed by atoms with van der Waals surface area (Å²) in [7, 11) is 6.42. The molecule has 0 radical (unpaired) electrons. The van der Waals surface area contributed by atoms with Crippen molar-refractivity contribution in [2.24, 2.45) is 5.41 Å². The molecule has 1 aromatic heterocycles. The predicted octanol–water partition coefficient (Wildman–Crippen LogP) is 5.97. The highest BCUT2D eigenvalue weighted by Gasteiger charge is 2.33. The lowest BCUT2D eigenvalue weighted by molar-refractivity contribution is -0.137. The normalized spacial score (nSPS) is 12.1. The number of amides is 1. The fourth-order valence-electron chi connectivity index (χ4n) is 4.44. The Morgan fingerprint density at radius 3 is 2.32 bits per heavy atom. The summed E-state index contributed by atoms with van der Waals surface area (Å²) in [6.45, 7) is 8.64. The summed E-state index contributed by atoms with van der Waals surface area (Å²) in [5, 5.41) is 10.7. The van der Waals surface area contributed by atoms with Crippen LogP contribution in [0.15, 0.2) is 55.0 Å². The summed E-state index contributed by atoms with van der Waals surface area (Å²) < 4.78 is 52.4. The number of benzene rings is 2. The molecule has 1 amide bonds. The number of halogens is 3. The Kier molecular flexibility index (Phi) is 11.2. The summed E-state index contributed by atoms with van der Waals surface area (Å²) >= 11 is 0. The average Bonchev–Trinajstić information content (AvgIpc) is 2.97. The van der Waals surface area contributed by atoms with Crippen molar-refractivity contribution in [3.8, 4) is 11.5 Å². The van der Waals surface area contributed by atoms with Gasteiger partial charge < -0.3 is 25.4 Å². The van der Waals surface area contributed by atoms with Crippen LogP contribution in [0, 0.1) is 12.3 Å². The number of alkyl halides is 3. The minimum atomic E-state index is -4.62. The highest BCUT2D eigenvalue weighted by atomic mass is 19.4. The van der Waals surface area contributed by atoms with Crippen LogP contribution in [0.5, 0.6) is 11.5 Å². The second-order valence-electron chi connectivity index (χ2n) is 11.3. The average molecular weight is 615 g/mol. The third kappa shape index (κ3) is 8.87. The molecule has 0 aliphatic carbocycles. The molecule has 0 atom stereocenters. The van der Waals surface area contributed by atoms with E-state index in [1.807, 2.05) is 33.8 Å². The zero-order chi connectivity index (χ0) is 32.7. The molecule has 0 saturated carbocycles. The first-order valence-electron chi connectivity index (χ1n) is 14.0. The highest BCUT2D eigenvalue weighted by Crippen LogP contribution is 2.38. The molecule has 0 fully saturated rings. The van der Waals surface area contributed by atoms with Gasteiger partial charge in [0, 0.05) is 56.3 Å². The molecular formula is C32H41F3N6O3. The Morgan fingerprint density at radius 1 is 1.00 bits per heavy atom. The SMILES string of the molecule is CN/C(=C\N(NC)c1cc(C(=O)Nc2cc(C(F)(F)F)cc(CNCC(C)(C)C)c2OC)ccc1C)c1cncc(OC)c1. The van der Waals surface area contributed by atoms with Crippen molar-refractivity contribution in [2.45, 2.75) is 40.4 Å². The molecule has 0 unspecified atom stereocenters. The highest BCUT2D eigenvalue weighted by molar-refractivity contribution is 6.06. The maximum atomic E-state index is 13.9. The van der Waals surface area contributed by atoms with E-state index < -0.39 is 17.6 Å². The standard InChI is InChI=1S/C32H41F3N6O3/c1-20-9-10-21(13-28(20)41(37-6)18-27(36-5)22-12-25(43-7)17-38-15-22)30(42)40-26-14-24(32(33,34)35)11-23(29(26)44-8)16-39-19-31(2,3)4/h9-15,17-18,36-37,39H,16,19H2,1-8H3,(H,40,42)/b27-18-. The molecule has 9 nitrogen and oxygen atoms in total. The summed E-state index contributed by atoms with van der Waals surface area (Å²) in [5.41, 5.74) is 5.54. The number of rotatable bonds is 12. The van der Waals surface area contributed by atoms with Gasteiger partial charge in [0.1, 0.15) is 11.5 Å². The number of hydrogen-bond donors (Lipinski definition) is 4. The second kappa shape index (κ2) is 14.5. The Morgan fingerprint density at radius 2 is 1.73 bits per heavy atom. The van der Waals surface area contributed by atoms with Crippen LogP contribution >= 0.6 is 0 Å². The van der Waals surface area contributed by atoms with Crippen LogP contribution < -0.4 is 35.9 Å². The van der Waals surface area contributed by atoms with E-state index in [2.05, 4.69) is 26.4 Å². The molecule has 4 N–H and O–H groups in total. The van der Waals surface area contributed by atoms with Crippen LogP contribution in [0.2, 0.25) is 0 Å².